The van der Waals surface area contributed by atoms with Gasteiger partial charge in [-0.1, -0.05) is 26.0 Å². The molecule has 2 rings (SSSR count). The first kappa shape index (κ1) is 20.7. The van der Waals surface area contributed by atoms with Crippen molar-refractivity contribution in [3.05, 3.63) is 54.3 Å². The number of methoxy groups -OCH3 is 1. The Balaban J connectivity index is 2.41. The predicted molar refractivity (Wildman–Crippen MR) is 102 cm³/mol. The summed E-state index contributed by atoms with van der Waals surface area (Å²) in [5, 5.41) is 2.66. The standard InChI is InChI=1S/C19H23FN2O4S/c1-14(2)12-21-19(23)13-22(18-7-5-4-6-17(18)20)27(24,25)16-10-8-15(26-3)9-11-16/h4-11,14H,12-13H2,1-3H3,(H,21,23). The summed E-state index contributed by atoms with van der Waals surface area (Å²) in [6.45, 7) is 3.71. The summed E-state index contributed by atoms with van der Waals surface area (Å²) in [4.78, 5) is 12.2. The summed E-state index contributed by atoms with van der Waals surface area (Å²) in [6, 6.07) is 11.1. The lowest BCUT2D eigenvalue weighted by Gasteiger charge is -2.24. The van der Waals surface area contributed by atoms with Crippen LogP contribution in [-0.2, 0) is 14.8 Å². The second-order valence-electron chi connectivity index (χ2n) is 6.34. The first-order valence-corrected chi connectivity index (χ1v) is 9.87. The van der Waals surface area contributed by atoms with Gasteiger partial charge in [0.2, 0.25) is 5.91 Å². The number of halogens is 1. The van der Waals surface area contributed by atoms with E-state index in [1.807, 2.05) is 13.8 Å². The maximum atomic E-state index is 14.3. The van der Waals surface area contributed by atoms with Gasteiger partial charge in [-0.25, -0.2) is 12.8 Å². The van der Waals surface area contributed by atoms with E-state index in [0.29, 0.717) is 12.3 Å². The number of hydrogen-bond acceptors (Lipinski definition) is 4. The number of rotatable bonds is 8. The lowest BCUT2D eigenvalue weighted by Crippen LogP contribution is -2.42. The molecular formula is C19H23FN2O4S. The number of anilines is 1. The molecular weight excluding hydrogens is 371 g/mol. The molecule has 0 bridgehead atoms. The average Bonchev–Trinajstić information content (AvgIpc) is 2.65. The minimum absolute atomic E-state index is 0.0665. The van der Waals surface area contributed by atoms with Crippen molar-refractivity contribution in [3.8, 4) is 5.75 Å². The van der Waals surface area contributed by atoms with Crippen LogP contribution in [0.5, 0.6) is 5.75 Å². The molecule has 146 valence electrons. The molecule has 0 saturated carbocycles. The van der Waals surface area contributed by atoms with Crippen molar-refractivity contribution in [2.45, 2.75) is 18.7 Å². The third-order valence-corrected chi connectivity index (χ3v) is 5.54. The molecule has 1 amide bonds. The zero-order valence-electron chi connectivity index (χ0n) is 15.5. The fraction of sp³-hybridized carbons (Fsp3) is 0.316. The Bertz CT molecular complexity index is 883. The third-order valence-electron chi connectivity index (χ3n) is 3.76. The Kier molecular flexibility index (Phi) is 6.79. The summed E-state index contributed by atoms with van der Waals surface area (Å²) in [5.74, 6) is -0.551. The third kappa shape index (κ3) is 5.19. The van der Waals surface area contributed by atoms with Crippen LogP contribution in [0.1, 0.15) is 13.8 Å². The molecule has 8 heteroatoms. The van der Waals surface area contributed by atoms with Crippen LogP contribution >= 0.6 is 0 Å². The van der Waals surface area contributed by atoms with Crippen molar-refractivity contribution in [1.29, 1.82) is 0 Å². The molecule has 6 nitrogen and oxygen atoms in total. The molecule has 2 aromatic rings. The van der Waals surface area contributed by atoms with Gasteiger partial charge in [0.1, 0.15) is 18.1 Å². The van der Waals surface area contributed by atoms with Gasteiger partial charge < -0.3 is 10.1 Å². The lowest BCUT2D eigenvalue weighted by molar-refractivity contribution is -0.119. The lowest BCUT2D eigenvalue weighted by atomic mass is 10.2. The van der Waals surface area contributed by atoms with Crippen LogP contribution in [0.2, 0.25) is 0 Å². The number of para-hydroxylation sites is 1. The number of benzene rings is 2. The van der Waals surface area contributed by atoms with E-state index in [4.69, 9.17) is 4.74 Å². The van der Waals surface area contributed by atoms with Crippen LogP contribution in [0.25, 0.3) is 0 Å². The molecule has 0 aliphatic heterocycles. The molecule has 0 heterocycles. The van der Waals surface area contributed by atoms with Crippen LogP contribution in [0.3, 0.4) is 0 Å². The van der Waals surface area contributed by atoms with Gasteiger partial charge in [-0.15, -0.1) is 0 Å². The number of carbonyl (C=O) groups is 1. The zero-order chi connectivity index (χ0) is 20.0. The van der Waals surface area contributed by atoms with Gasteiger partial charge in [0.15, 0.2) is 0 Å². The average molecular weight is 394 g/mol. The minimum Gasteiger partial charge on any atom is -0.497 e. The Morgan fingerprint density at radius 3 is 2.33 bits per heavy atom. The summed E-state index contributed by atoms with van der Waals surface area (Å²) in [7, 11) is -2.69. The monoisotopic (exact) mass is 394 g/mol. The summed E-state index contributed by atoms with van der Waals surface area (Å²) < 4.78 is 46.3. The molecule has 0 saturated heterocycles. The van der Waals surface area contributed by atoms with Crippen LogP contribution in [0.15, 0.2) is 53.4 Å². The van der Waals surface area contributed by atoms with Crippen molar-refractivity contribution in [1.82, 2.24) is 5.32 Å². The maximum Gasteiger partial charge on any atom is 0.264 e. The number of ether oxygens (including phenoxy) is 1. The van der Waals surface area contributed by atoms with E-state index in [0.717, 1.165) is 10.4 Å². The van der Waals surface area contributed by atoms with E-state index >= 15 is 0 Å². The molecule has 0 fully saturated rings. The van der Waals surface area contributed by atoms with Gasteiger partial charge >= 0.3 is 0 Å². The Morgan fingerprint density at radius 1 is 1.15 bits per heavy atom. The molecule has 2 aromatic carbocycles. The van der Waals surface area contributed by atoms with Crippen LogP contribution in [0, 0.1) is 11.7 Å². The number of amides is 1. The SMILES string of the molecule is COc1ccc(S(=O)(=O)N(CC(=O)NCC(C)C)c2ccccc2F)cc1. The quantitative estimate of drug-likeness (QED) is 0.747. The highest BCUT2D eigenvalue weighted by Gasteiger charge is 2.29. The van der Waals surface area contributed by atoms with Gasteiger partial charge in [-0.3, -0.25) is 9.10 Å². The van der Waals surface area contributed by atoms with Gasteiger partial charge in [-0.05, 0) is 42.3 Å². The van der Waals surface area contributed by atoms with E-state index in [-0.39, 0.29) is 16.5 Å². The molecule has 0 aliphatic carbocycles. The van der Waals surface area contributed by atoms with Gasteiger partial charge in [0.25, 0.3) is 10.0 Å². The Hall–Kier alpha value is -2.61. The van der Waals surface area contributed by atoms with Crippen molar-refractivity contribution < 1.29 is 22.3 Å². The highest BCUT2D eigenvalue weighted by Crippen LogP contribution is 2.27. The number of nitrogens with one attached hydrogen (secondary N) is 1. The van der Waals surface area contributed by atoms with Crippen molar-refractivity contribution >= 4 is 21.6 Å². The van der Waals surface area contributed by atoms with Gasteiger partial charge in [0, 0.05) is 6.54 Å². The molecule has 1 N–H and O–H groups in total. The predicted octanol–water partition coefficient (Wildman–Crippen LogP) is 2.80. The van der Waals surface area contributed by atoms with E-state index < -0.39 is 28.3 Å². The van der Waals surface area contributed by atoms with E-state index in [9.17, 15) is 17.6 Å². The van der Waals surface area contributed by atoms with Crippen LogP contribution in [0.4, 0.5) is 10.1 Å². The zero-order valence-corrected chi connectivity index (χ0v) is 16.3. The molecule has 0 atom stereocenters. The van der Waals surface area contributed by atoms with Gasteiger partial charge in [0.05, 0.1) is 17.7 Å². The molecule has 0 unspecified atom stereocenters. The first-order chi connectivity index (χ1) is 12.8. The normalized spacial score (nSPS) is 11.3. The highest BCUT2D eigenvalue weighted by atomic mass is 32.2. The van der Waals surface area contributed by atoms with Crippen molar-refractivity contribution in [2.75, 3.05) is 24.5 Å². The first-order valence-electron chi connectivity index (χ1n) is 8.43. The van der Waals surface area contributed by atoms with Crippen molar-refractivity contribution in [3.63, 3.8) is 0 Å². The van der Waals surface area contributed by atoms with Gasteiger partial charge in [-0.2, -0.15) is 0 Å². The maximum absolute atomic E-state index is 14.3. The Morgan fingerprint density at radius 2 is 1.78 bits per heavy atom. The molecule has 0 aromatic heterocycles. The largest absolute Gasteiger partial charge is 0.497 e. The molecule has 27 heavy (non-hydrogen) atoms. The van der Waals surface area contributed by atoms with Crippen LogP contribution in [-0.4, -0.2) is 34.5 Å². The summed E-state index contributed by atoms with van der Waals surface area (Å²) in [6.07, 6.45) is 0. The fourth-order valence-corrected chi connectivity index (χ4v) is 3.76. The fourth-order valence-electron chi connectivity index (χ4n) is 2.33. The smallest absolute Gasteiger partial charge is 0.264 e. The molecule has 0 radical (unpaired) electrons. The number of hydrogen-bond donors (Lipinski definition) is 1. The Labute approximate surface area is 159 Å². The van der Waals surface area contributed by atoms with E-state index in [1.54, 1.807) is 0 Å². The molecule has 0 aliphatic rings. The second kappa shape index (κ2) is 8.85. The topological polar surface area (TPSA) is 75.7 Å². The minimum atomic E-state index is -4.16. The highest BCUT2D eigenvalue weighted by molar-refractivity contribution is 7.92. The molecule has 0 spiro atoms. The number of carbonyl (C=O) groups excluding carboxylic acids is 1. The second-order valence-corrected chi connectivity index (χ2v) is 8.20. The van der Waals surface area contributed by atoms with Crippen LogP contribution < -0.4 is 14.4 Å². The summed E-state index contributed by atoms with van der Waals surface area (Å²) >= 11 is 0. The van der Waals surface area contributed by atoms with E-state index in [1.165, 1.54) is 49.6 Å². The van der Waals surface area contributed by atoms with E-state index in [2.05, 4.69) is 5.32 Å². The number of nitrogens with zero attached hydrogens (tertiary/aromatic N) is 1. The van der Waals surface area contributed by atoms with Crippen molar-refractivity contribution in [2.24, 2.45) is 5.92 Å². The summed E-state index contributed by atoms with van der Waals surface area (Å²) in [5.41, 5.74) is -0.187. The number of sulfonamides is 1.